The Balaban J connectivity index is 2.31. The third-order valence-electron chi connectivity index (χ3n) is 2.27. The minimum Gasteiger partial charge on any atom is -0.319 e. The summed E-state index contributed by atoms with van der Waals surface area (Å²) in [6.45, 7) is 2.93. The number of thiophene rings is 1. The highest BCUT2D eigenvalue weighted by Gasteiger charge is 2.12. The zero-order valence-corrected chi connectivity index (χ0v) is 8.87. The van der Waals surface area contributed by atoms with Crippen molar-refractivity contribution in [3.8, 4) is 0 Å². The average Bonchev–Trinajstić information content (AvgIpc) is 2.87. The van der Waals surface area contributed by atoms with Gasteiger partial charge in [0.2, 0.25) is 0 Å². The van der Waals surface area contributed by atoms with E-state index in [4.69, 9.17) is 5.73 Å². The van der Waals surface area contributed by atoms with Crippen LogP contribution in [-0.2, 0) is 6.54 Å². The number of nitrogens with two attached hydrogens (primary N) is 1. The van der Waals surface area contributed by atoms with E-state index in [0.29, 0.717) is 0 Å². The van der Waals surface area contributed by atoms with Gasteiger partial charge < -0.3 is 5.73 Å². The van der Waals surface area contributed by atoms with E-state index < -0.39 is 0 Å². The molecule has 1 unspecified atom stereocenters. The lowest BCUT2D eigenvalue weighted by molar-refractivity contribution is 0.601. The van der Waals surface area contributed by atoms with Crippen LogP contribution in [0.15, 0.2) is 29.1 Å². The molecule has 2 aromatic rings. The Bertz CT molecular complexity index is 391. The average molecular weight is 207 g/mol. The fourth-order valence-corrected chi connectivity index (χ4v) is 2.19. The number of hydrogen-bond donors (Lipinski definition) is 1. The van der Waals surface area contributed by atoms with Crippen molar-refractivity contribution in [2.75, 3.05) is 0 Å². The summed E-state index contributed by atoms with van der Waals surface area (Å²) in [5.74, 6) is 0. The van der Waals surface area contributed by atoms with Crippen molar-refractivity contribution in [3.05, 3.63) is 40.3 Å². The van der Waals surface area contributed by atoms with Crippen LogP contribution in [0, 0.1) is 0 Å². The molecule has 1 atom stereocenters. The number of nitrogens with zero attached hydrogens (tertiary/aromatic N) is 2. The molecular formula is C10H13N3S. The van der Waals surface area contributed by atoms with Crippen LogP contribution < -0.4 is 5.73 Å². The highest BCUT2D eigenvalue weighted by atomic mass is 32.1. The molecule has 0 aliphatic carbocycles. The lowest BCUT2D eigenvalue weighted by atomic mass is 10.1. The maximum absolute atomic E-state index is 6.13. The molecule has 0 aliphatic rings. The Morgan fingerprint density at radius 1 is 1.57 bits per heavy atom. The Labute approximate surface area is 87.2 Å². The Hall–Kier alpha value is -1.13. The molecule has 4 heteroatoms. The van der Waals surface area contributed by atoms with Gasteiger partial charge in [0.05, 0.1) is 11.7 Å². The third kappa shape index (κ3) is 1.58. The maximum atomic E-state index is 6.13. The van der Waals surface area contributed by atoms with Gasteiger partial charge in [-0.25, -0.2) is 0 Å². The largest absolute Gasteiger partial charge is 0.319 e. The summed E-state index contributed by atoms with van der Waals surface area (Å²) < 4.78 is 1.93. The van der Waals surface area contributed by atoms with Crippen molar-refractivity contribution in [2.24, 2.45) is 5.73 Å². The van der Waals surface area contributed by atoms with Crippen LogP contribution in [0.1, 0.15) is 24.2 Å². The Morgan fingerprint density at radius 3 is 3.07 bits per heavy atom. The quantitative estimate of drug-likeness (QED) is 0.836. The molecule has 14 heavy (non-hydrogen) atoms. The number of rotatable bonds is 3. The molecule has 0 amide bonds. The standard InChI is InChI=1S/C10H13N3S/c1-2-13-9(3-5-12-13)10(11)8-4-6-14-7-8/h3-7,10H,2,11H2,1H3. The molecule has 2 aromatic heterocycles. The first-order valence-corrected chi connectivity index (χ1v) is 5.56. The van der Waals surface area contributed by atoms with Crippen molar-refractivity contribution in [3.63, 3.8) is 0 Å². The van der Waals surface area contributed by atoms with E-state index in [0.717, 1.165) is 17.8 Å². The normalized spacial score (nSPS) is 13.0. The fourth-order valence-electron chi connectivity index (χ4n) is 1.49. The maximum Gasteiger partial charge on any atom is 0.0731 e. The first kappa shape index (κ1) is 9.43. The van der Waals surface area contributed by atoms with Crippen LogP contribution in [0.4, 0.5) is 0 Å². The molecule has 0 aliphatic heterocycles. The van der Waals surface area contributed by atoms with Crippen LogP contribution in [0.25, 0.3) is 0 Å². The zero-order chi connectivity index (χ0) is 9.97. The van der Waals surface area contributed by atoms with Crippen LogP contribution in [-0.4, -0.2) is 9.78 Å². The second-order valence-corrected chi connectivity index (χ2v) is 3.89. The van der Waals surface area contributed by atoms with Gasteiger partial charge >= 0.3 is 0 Å². The number of aromatic nitrogens is 2. The highest BCUT2D eigenvalue weighted by molar-refractivity contribution is 7.07. The zero-order valence-electron chi connectivity index (χ0n) is 8.05. The van der Waals surface area contributed by atoms with E-state index in [1.165, 1.54) is 0 Å². The monoisotopic (exact) mass is 207 g/mol. The van der Waals surface area contributed by atoms with Crippen molar-refractivity contribution in [1.82, 2.24) is 9.78 Å². The molecule has 0 bridgehead atoms. The van der Waals surface area contributed by atoms with E-state index in [2.05, 4.69) is 23.5 Å². The molecule has 0 aromatic carbocycles. The van der Waals surface area contributed by atoms with Gasteiger partial charge in [-0.05, 0) is 35.4 Å². The summed E-state index contributed by atoms with van der Waals surface area (Å²) in [5.41, 5.74) is 8.36. The van der Waals surface area contributed by atoms with Crippen LogP contribution in [0.2, 0.25) is 0 Å². The van der Waals surface area contributed by atoms with Crippen molar-refractivity contribution in [1.29, 1.82) is 0 Å². The fraction of sp³-hybridized carbons (Fsp3) is 0.300. The summed E-state index contributed by atoms with van der Waals surface area (Å²) in [4.78, 5) is 0. The van der Waals surface area contributed by atoms with E-state index >= 15 is 0 Å². The lowest BCUT2D eigenvalue weighted by Gasteiger charge is -2.11. The Kier molecular flexibility index (Phi) is 2.65. The third-order valence-corrected chi connectivity index (χ3v) is 2.97. The highest BCUT2D eigenvalue weighted by Crippen LogP contribution is 2.21. The molecule has 0 fully saturated rings. The molecule has 0 saturated carbocycles. The Morgan fingerprint density at radius 2 is 2.43 bits per heavy atom. The summed E-state index contributed by atoms with van der Waals surface area (Å²) in [6, 6.07) is 3.98. The van der Waals surface area contributed by atoms with Crippen molar-refractivity contribution >= 4 is 11.3 Å². The van der Waals surface area contributed by atoms with Gasteiger partial charge in [-0.2, -0.15) is 16.4 Å². The second kappa shape index (κ2) is 3.94. The molecule has 3 nitrogen and oxygen atoms in total. The molecule has 0 saturated heterocycles. The van der Waals surface area contributed by atoms with Gasteiger partial charge in [0.1, 0.15) is 0 Å². The molecule has 2 rings (SSSR count). The summed E-state index contributed by atoms with van der Waals surface area (Å²) in [7, 11) is 0. The summed E-state index contributed by atoms with van der Waals surface area (Å²) in [6.07, 6.45) is 1.80. The first-order valence-electron chi connectivity index (χ1n) is 4.62. The topological polar surface area (TPSA) is 43.8 Å². The molecule has 0 radical (unpaired) electrons. The smallest absolute Gasteiger partial charge is 0.0731 e. The number of aryl methyl sites for hydroxylation is 1. The van der Waals surface area contributed by atoms with Crippen LogP contribution in [0.3, 0.4) is 0 Å². The molecule has 74 valence electrons. The van der Waals surface area contributed by atoms with E-state index in [1.807, 2.05) is 16.1 Å². The second-order valence-electron chi connectivity index (χ2n) is 3.11. The van der Waals surface area contributed by atoms with Gasteiger partial charge in [-0.15, -0.1) is 0 Å². The minimum absolute atomic E-state index is 0.0521. The van der Waals surface area contributed by atoms with E-state index in [-0.39, 0.29) is 6.04 Å². The molecular weight excluding hydrogens is 194 g/mol. The predicted octanol–water partition coefficient (Wildman–Crippen LogP) is 2.01. The van der Waals surface area contributed by atoms with Crippen molar-refractivity contribution < 1.29 is 0 Å². The van der Waals surface area contributed by atoms with E-state index in [1.54, 1.807) is 17.5 Å². The van der Waals surface area contributed by atoms with Crippen molar-refractivity contribution in [2.45, 2.75) is 19.5 Å². The summed E-state index contributed by atoms with van der Waals surface area (Å²) in [5, 5.41) is 8.33. The summed E-state index contributed by atoms with van der Waals surface area (Å²) >= 11 is 1.67. The van der Waals surface area contributed by atoms with Gasteiger partial charge in [0.15, 0.2) is 0 Å². The van der Waals surface area contributed by atoms with Gasteiger partial charge in [0, 0.05) is 12.7 Å². The van der Waals surface area contributed by atoms with Gasteiger partial charge in [-0.3, -0.25) is 4.68 Å². The SMILES string of the molecule is CCn1nccc1C(N)c1ccsc1. The molecule has 2 heterocycles. The first-order chi connectivity index (χ1) is 6.83. The van der Waals surface area contributed by atoms with E-state index in [9.17, 15) is 0 Å². The van der Waals surface area contributed by atoms with Crippen LogP contribution in [0.5, 0.6) is 0 Å². The lowest BCUT2D eigenvalue weighted by Crippen LogP contribution is -2.16. The predicted molar refractivity (Wildman–Crippen MR) is 58.3 cm³/mol. The minimum atomic E-state index is -0.0521. The molecule has 0 spiro atoms. The number of hydrogen-bond acceptors (Lipinski definition) is 3. The van der Waals surface area contributed by atoms with Gasteiger partial charge in [0.25, 0.3) is 0 Å². The molecule has 2 N–H and O–H groups in total. The van der Waals surface area contributed by atoms with Crippen LogP contribution >= 0.6 is 11.3 Å². The van der Waals surface area contributed by atoms with Gasteiger partial charge in [-0.1, -0.05) is 0 Å².